The highest BCUT2D eigenvalue weighted by atomic mass is 32.1. The molecule has 1 amide bonds. The summed E-state index contributed by atoms with van der Waals surface area (Å²) in [7, 11) is 0. The van der Waals surface area contributed by atoms with E-state index in [1.165, 1.54) is 5.38 Å². The monoisotopic (exact) mass is 271 g/mol. The standard InChI is InChI=1S/C11H17N3O3S/c1-11(2,3)5-7(4-9(15)16)12-10(17)8-6-18-14-13-8/h6-7H,4-5H2,1-3H3,(H,12,17)(H,15,16). The van der Waals surface area contributed by atoms with E-state index in [0.717, 1.165) is 11.5 Å². The van der Waals surface area contributed by atoms with Crippen LogP contribution in [-0.2, 0) is 4.79 Å². The Labute approximate surface area is 110 Å². The van der Waals surface area contributed by atoms with Crippen molar-refractivity contribution in [1.82, 2.24) is 14.9 Å². The Hall–Kier alpha value is -1.50. The van der Waals surface area contributed by atoms with Crippen molar-refractivity contribution in [2.75, 3.05) is 0 Å². The minimum atomic E-state index is -0.930. The SMILES string of the molecule is CC(C)(C)CC(CC(=O)O)NC(=O)c1csnn1. The van der Waals surface area contributed by atoms with Crippen molar-refractivity contribution >= 4 is 23.4 Å². The molecule has 7 heteroatoms. The third-order valence-corrected chi connectivity index (χ3v) is 2.71. The van der Waals surface area contributed by atoms with Crippen LogP contribution in [0.4, 0.5) is 0 Å². The summed E-state index contributed by atoms with van der Waals surface area (Å²) in [6.45, 7) is 6.00. The molecule has 2 N–H and O–H groups in total. The molecule has 100 valence electrons. The van der Waals surface area contributed by atoms with Gasteiger partial charge in [0.25, 0.3) is 5.91 Å². The van der Waals surface area contributed by atoms with Crippen molar-refractivity contribution in [3.05, 3.63) is 11.1 Å². The second-order valence-corrected chi connectivity index (χ2v) is 5.93. The second kappa shape index (κ2) is 5.90. The number of hydrogen-bond acceptors (Lipinski definition) is 5. The highest BCUT2D eigenvalue weighted by Crippen LogP contribution is 2.22. The summed E-state index contributed by atoms with van der Waals surface area (Å²) in [4.78, 5) is 22.6. The molecule has 0 radical (unpaired) electrons. The fraction of sp³-hybridized carbons (Fsp3) is 0.636. The number of hydrogen-bond donors (Lipinski definition) is 2. The number of amides is 1. The first-order valence-corrected chi connectivity index (χ1v) is 6.41. The largest absolute Gasteiger partial charge is 0.481 e. The predicted molar refractivity (Wildman–Crippen MR) is 67.5 cm³/mol. The molecule has 1 aromatic heterocycles. The summed E-state index contributed by atoms with van der Waals surface area (Å²) in [5.41, 5.74) is 0.164. The first-order valence-electron chi connectivity index (χ1n) is 5.57. The van der Waals surface area contributed by atoms with Crippen LogP contribution in [0.15, 0.2) is 5.38 Å². The maximum atomic E-state index is 11.8. The molecule has 0 saturated carbocycles. The van der Waals surface area contributed by atoms with E-state index in [0.29, 0.717) is 6.42 Å². The molecule has 0 saturated heterocycles. The molecule has 18 heavy (non-hydrogen) atoms. The van der Waals surface area contributed by atoms with Crippen molar-refractivity contribution in [2.24, 2.45) is 5.41 Å². The number of carbonyl (C=O) groups is 2. The third-order valence-electron chi connectivity index (χ3n) is 2.21. The number of carboxylic acids is 1. The Morgan fingerprint density at radius 1 is 1.50 bits per heavy atom. The summed E-state index contributed by atoms with van der Waals surface area (Å²) < 4.78 is 3.60. The van der Waals surface area contributed by atoms with E-state index in [-0.39, 0.29) is 23.4 Å². The van der Waals surface area contributed by atoms with Crippen LogP contribution < -0.4 is 5.32 Å². The molecule has 0 bridgehead atoms. The molecule has 6 nitrogen and oxygen atoms in total. The van der Waals surface area contributed by atoms with Gasteiger partial charge in [0, 0.05) is 11.4 Å². The highest BCUT2D eigenvalue weighted by Gasteiger charge is 2.23. The average Bonchev–Trinajstić information content (AvgIpc) is 2.65. The lowest BCUT2D eigenvalue weighted by atomic mass is 9.87. The minimum Gasteiger partial charge on any atom is -0.481 e. The zero-order valence-corrected chi connectivity index (χ0v) is 11.5. The Balaban J connectivity index is 2.66. The Kier molecular flexibility index (Phi) is 4.77. The number of aromatic nitrogens is 2. The van der Waals surface area contributed by atoms with E-state index in [1.54, 1.807) is 0 Å². The van der Waals surface area contributed by atoms with Gasteiger partial charge in [-0.3, -0.25) is 9.59 Å². The molecule has 0 aliphatic carbocycles. The summed E-state index contributed by atoms with van der Waals surface area (Å²) in [5, 5.41) is 16.7. The van der Waals surface area contributed by atoms with Crippen molar-refractivity contribution in [1.29, 1.82) is 0 Å². The Morgan fingerprint density at radius 2 is 2.17 bits per heavy atom. The van der Waals surface area contributed by atoms with Crippen LogP contribution in [0, 0.1) is 5.41 Å². The van der Waals surface area contributed by atoms with Gasteiger partial charge in [-0.25, -0.2) is 0 Å². The van der Waals surface area contributed by atoms with Crippen LogP contribution in [-0.4, -0.2) is 32.6 Å². The molecule has 1 unspecified atom stereocenters. The molecule has 1 atom stereocenters. The van der Waals surface area contributed by atoms with Crippen LogP contribution in [0.1, 0.15) is 44.1 Å². The number of nitrogens with zero attached hydrogens (tertiary/aromatic N) is 2. The molecule has 0 aliphatic rings. The first-order chi connectivity index (χ1) is 8.28. The molecule has 0 aromatic carbocycles. The number of aliphatic carboxylic acids is 1. The van der Waals surface area contributed by atoms with E-state index in [9.17, 15) is 9.59 Å². The van der Waals surface area contributed by atoms with E-state index in [1.807, 2.05) is 20.8 Å². The molecule has 1 rings (SSSR count). The normalized spacial score (nSPS) is 13.1. The second-order valence-electron chi connectivity index (χ2n) is 5.32. The van der Waals surface area contributed by atoms with Crippen LogP contribution in [0.5, 0.6) is 0 Å². The van der Waals surface area contributed by atoms with Crippen molar-refractivity contribution in [2.45, 2.75) is 39.7 Å². The zero-order chi connectivity index (χ0) is 13.8. The van der Waals surface area contributed by atoms with Gasteiger partial charge in [-0.05, 0) is 23.4 Å². The van der Waals surface area contributed by atoms with Gasteiger partial charge < -0.3 is 10.4 Å². The molecule has 0 aliphatic heterocycles. The van der Waals surface area contributed by atoms with E-state index >= 15 is 0 Å². The Morgan fingerprint density at radius 3 is 2.61 bits per heavy atom. The molecule has 1 aromatic rings. The quantitative estimate of drug-likeness (QED) is 0.847. The van der Waals surface area contributed by atoms with E-state index < -0.39 is 12.0 Å². The summed E-state index contributed by atoms with van der Waals surface area (Å²) in [6.07, 6.45) is 0.489. The highest BCUT2D eigenvalue weighted by molar-refractivity contribution is 7.03. The first kappa shape index (κ1) is 14.6. The fourth-order valence-corrected chi connectivity index (χ4v) is 2.08. The molecule has 0 spiro atoms. The van der Waals surface area contributed by atoms with Crippen molar-refractivity contribution < 1.29 is 14.7 Å². The topological polar surface area (TPSA) is 92.2 Å². The summed E-state index contributed by atoms with van der Waals surface area (Å²) >= 11 is 1.08. The van der Waals surface area contributed by atoms with Gasteiger partial charge in [-0.1, -0.05) is 25.3 Å². The maximum absolute atomic E-state index is 11.8. The minimum absolute atomic E-state index is 0.0618. The van der Waals surface area contributed by atoms with Gasteiger partial charge in [0.15, 0.2) is 5.69 Å². The average molecular weight is 271 g/mol. The van der Waals surface area contributed by atoms with E-state index in [4.69, 9.17) is 5.11 Å². The number of nitrogens with one attached hydrogen (secondary N) is 1. The molecular formula is C11H17N3O3S. The predicted octanol–water partition coefficient (Wildman–Crippen LogP) is 1.55. The maximum Gasteiger partial charge on any atom is 0.305 e. The zero-order valence-electron chi connectivity index (χ0n) is 10.6. The number of carbonyl (C=O) groups excluding carboxylic acids is 1. The molecular weight excluding hydrogens is 254 g/mol. The van der Waals surface area contributed by atoms with E-state index in [2.05, 4.69) is 14.9 Å². The van der Waals surface area contributed by atoms with Crippen LogP contribution in [0.25, 0.3) is 0 Å². The Bertz CT molecular complexity index is 412. The van der Waals surface area contributed by atoms with Gasteiger partial charge in [0.2, 0.25) is 0 Å². The third kappa shape index (κ3) is 5.22. The molecule has 0 fully saturated rings. The van der Waals surface area contributed by atoms with Gasteiger partial charge in [-0.2, -0.15) is 0 Å². The number of rotatable bonds is 5. The van der Waals surface area contributed by atoms with Crippen molar-refractivity contribution in [3.8, 4) is 0 Å². The lowest BCUT2D eigenvalue weighted by molar-refractivity contribution is -0.137. The van der Waals surface area contributed by atoms with Gasteiger partial charge in [0.1, 0.15) is 0 Å². The molecule has 1 heterocycles. The van der Waals surface area contributed by atoms with Crippen LogP contribution in [0.3, 0.4) is 0 Å². The van der Waals surface area contributed by atoms with Crippen LogP contribution in [0.2, 0.25) is 0 Å². The fourth-order valence-electron chi connectivity index (χ4n) is 1.65. The van der Waals surface area contributed by atoms with Crippen LogP contribution >= 0.6 is 11.5 Å². The summed E-state index contributed by atoms with van der Waals surface area (Å²) in [5.74, 6) is -1.31. The van der Waals surface area contributed by atoms with Gasteiger partial charge >= 0.3 is 5.97 Å². The lowest BCUT2D eigenvalue weighted by Gasteiger charge is -2.25. The van der Waals surface area contributed by atoms with Gasteiger partial charge in [-0.15, -0.1) is 5.10 Å². The van der Waals surface area contributed by atoms with Crippen molar-refractivity contribution in [3.63, 3.8) is 0 Å². The van der Waals surface area contributed by atoms with Gasteiger partial charge in [0.05, 0.1) is 6.42 Å². The number of carboxylic acid groups (broad SMARTS) is 1. The lowest BCUT2D eigenvalue weighted by Crippen LogP contribution is -2.39. The summed E-state index contributed by atoms with van der Waals surface area (Å²) in [6, 6.07) is -0.406. The smallest absolute Gasteiger partial charge is 0.305 e.